The number of carboxylic acid groups (broad SMARTS) is 1. The summed E-state index contributed by atoms with van der Waals surface area (Å²) in [5.74, 6) is -0.780. The average Bonchev–Trinajstić information content (AvgIpc) is 2.10. The highest BCUT2D eigenvalue weighted by molar-refractivity contribution is 5.73. The van der Waals surface area contributed by atoms with E-state index >= 15 is 0 Å². The van der Waals surface area contributed by atoms with Crippen molar-refractivity contribution < 1.29 is 14.6 Å². The van der Waals surface area contributed by atoms with E-state index in [2.05, 4.69) is 5.32 Å². The van der Waals surface area contributed by atoms with Gasteiger partial charge in [-0.05, 0) is 33.2 Å². The number of carbonyl (C=O) groups is 1. The average molecular weight is 203 g/mol. The Morgan fingerprint density at radius 1 is 1.50 bits per heavy atom. The fourth-order valence-corrected chi connectivity index (χ4v) is 1.07. The van der Waals surface area contributed by atoms with Gasteiger partial charge >= 0.3 is 5.97 Å². The lowest BCUT2D eigenvalue weighted by molar-refractivity contribution is -0.139. The number of hydrogen-bond acceptors (Lipinski definition) is 3. The smallest absolute Gasteiger partial charge is 0.320 e. The maximum Gasteiger partial charge on any atom is 0.320 e. The molecule has 0 fully saturated rings. The van der Waals surface area contributed by atoms with Crippen LogP contribution in [0.25, 0.3) is 0 Å². The lowest BCUT2D eigenvalue weighted by atomic mass is 10.2. The molecule has 84 valence electrons. The van der Waals surface area contributed by atoms with Crippen LogP contribution in [0.1, 0.15) is 33.6 Å². The Morgan fingerprint density at radius 2 is 2.14 bits per heavy atom. The number of hydrogen-bond donors (Lipinski definition) is 2. The summed E-state index contributed by atoms with van der Waals surface area (Å²) < 4.78 is 5.33. The third-order valence-electron chi connectivity index (χ3n) is 1.87. The second-order valence-electron chi connectivity index (χ2n) is 3.53. The minimum Gasteiger partial charge on any atom is -0.480 e. The van der Waals surface area contributed by atoms with Crippen molar-refractivity contribution in [3.05, 3.63) is 0 Å². The second kappa shape index (κ2) is 7.76. The Balaban J connectivity index is 3.38. The van der Waals surface area contributed by atoms with E-state index < -0.39 is 12.0 Å². The Bertz CT molecular complexity index is 159. The van der Waals surface area contributed by atoms with E-state index in [9.17, 15) is 4.79 Å². The van der Waals surface area contributed by atoms with E-state index in [1.165, 1.54) is 0 Å². The van der Waals surface area contributed by atoms with Crippen LogP contribution in [0.2, 0.25) is 0 Å². The summed E-state index contributed by atoms with van der Waals surface area (Å²) in [5, 5.41) is 11.7. The van der Waals surface area contributed by atoms with E-state index in [0.717, 1.165) is 6.42 Å². The highest BCUT2D eigenvalue weighted by Gasteiger charge is 2.12. The van der Waals surface area contributed by atoms with Crippen molar-refractivity contribution in [3.8, 4) is 0 Å². The third-order valence-corrected chi connectivity index (χ3v) is 1.87. The molecule has 4 heteroatoms. The first-order chi connectivity index (χ1) is 6.57. The van der Waals surface area contributed by atoms with Gasteiger partial charge in [0, 0.05) is 6.61 Å². The van der Waals surface area contributed by atoms with Crippen LogP contribution in [0, 0.1) is 0 Å². The van der Waals surface area contributed by atoms with Crippen molar-refractivity contribution in [3.63, 3.8) is 0 Å². The number of aliphatic carboxylic acids is 1. The van der Waals surface area contributed by atoms with Gasteiger partial charge < -0.3 is 15.2 Å². The highest BCUT2D eigenvalue weighted by Crippen LogP contribution is 1.93. The molecule has 1 atom stereocenters. The molecular formula is C10H21NO3. The van der Waals surface area contributed by atoms with Crippen LogP contribution in [-0.4, -0.2) is 36.4 Å². The lowest BCUT2D eigenvalue weighted by Crippen LogP contribution is -2.36. The molecule has 1 unspecified atom stereocenters. The molecule has 4 nitrogen and oxygen atoms in total. The standard InChI is InChI=1S/C10H21NO3/c1-4-9(10(12)13)11-6-5-7-14-8(2)3/h8-9,11H,4-7H2,1-3H3,(H,12,13). The fraction of sp³-hybridized carbons (Fsp3) is 0.900. The summed E-state index contributed by atoms with van der Waals surface area (Å²) in [6, 6.07) is -0.422. The summed E-state index contributed by atoms with van der Waals surface area (Å²) in [7, 11) is 0. The van der Waals surface area contributed by atoms with Crippen molar-refractivity contribution in [2.75, 3.05) is 13.2 Å². The number of nitrogens with one attached hydrogen (secondary N) is 1. The molecule has 0 aromatic carbocycles. The largest absolute Gasteiger partial charge is 0.480 e. The van der Waals surface area contributed by atoms with Gasteiger partial charge in [0.25, 0.3) is 0 Å². The van der Waals surface area contributed by atoms with Crippen LogP contribution in [0.4, 0.5) is 0 Å². The molecule has 0 saturated carbocycles. The summed E-state index contributed by atoms with van der Waals surface area (Å²) in [6.45, 7) is 7.20. The Hall–Kier alpha value is -0.610. The lowest BCUT2D eigenvalue weighted by Gasteiger charge is -2.12. The fourth-order valence-electron chi connectivity index (χ4n) is 1.07. The summed E-state index contributed by atoms with van der Waals surface area (Å²) >= 11 is 0. The van der Waals surface area contributed by atoms with E-state index in [1.54, 1.807) is 0 Å². The minimum absolute atomic E-state index is 0.247. The van der Waals surface area contributed by atoms with Gasteiger partial charge in [0.1, 0.15) is 6.04 Å². The van der Waals surface area contributed by atoms with Crippen molar-refractivity contribution in [2.24, 2.45) is 0 Å². The molecule has 0 radical (unpaired) electrons. The zero-order valence-electron chi connectivity index (χ0n) is 9.25. The first-order valence-electron chi connectivity index (χ1n) is 5.15. The topological polar surface area (TPSA) is 58.6 Å². The maximum atomic E-state index is 10.6. The zero-order valence-corrected chi connectivity index (χ0v) is 9.25. The van der Waals surface area contributed by atoms with Crippen LogP contribution < -0.4 is 5.32 Å². The first kappa shape index (κ1) is 13.4. The molecule has 14 heavy (non-hydrogen) atoms. The predicted octanol–water partition coefficient (Wildman–Crippen LogP) is 1.25. The first-order valence-corrected chi connectivity index (χ1v) is 5.15. The van der Waals surface area contributed by atoms with Gasteiger partial charge in [0.05, 0.1) is 6.10 Å². The maximum absolute atomic E-state index is 10.6. The summed E-state index contributed by atoms with van der Waals surface area (Å²) in [4.78, 5) is 10.6. The van der Waals surface area contributed by atoms with E-state index in [4.69, 9.17) is 9.84 Å². The molecule has 0 spiro atoms. The van der Waals surface area contributed by atoms with Crippen LogP contribution in [0.15, 0.2) is 0 Å². The zero-order chi connectivity index (χ0) is 11.0. The molecule has 2 N–H and O–H groups in total. The minimum atomic E-state index is -0.780. The molecule has 0 aliphatic heterocycles. The van der Waals surface area contributed by atoms with Gasteiger partial charge in [-0.3, -0.25) is 4.79 Å². The SMILES string of the molecule is CCC(NCCCOC(C)C)C(=O)O. The quantitative estimate of drug-likeness (QED) is 0.583. The molecule has 0 heterocycles. The number of ether oxygens (including phenoxy) is 1. The number of carboxylic acids is 1. The Kier molecular flexibility index (Phi) is 7.42. The van der Waals surface area contributed by atoms with Gasteiger partial charge in [-0.2, -0.15) is 0 Å². The molecule has 0 aromatic rings. The molecule has 0 aliphatic rings. The molecule has 0 rings (SSSR count). The van der Waals surface area contributed by atoms with Crippen LogP contribution in [0.5, 0.6) is 0 Å². The van der Waals surface area contributed by atoms with Crippen molar-refractivity contribution in [1.82, 2.24) is 5.32 Å². The molecule has 0 bridgehead atoms. The van der Waals surface area contributed by atoms with Gasteiger partial charge in [-0.1, -0.05) is 6.92 Å². The molecule has 0 aliphatic carbocycles. The van der Waals surface area contributed by atoms with Gasteiger partial charge in [-0.25, -0.2) is 0 Å². The summed E-state index contributed by atoms with van der Waals surface area (Å²) in [6.07, 6.45) is 1.71. The van der Waals surface area contributed by atoms with Crippen molar-refractivity contribution >= 4 is 5.97 Å². The van der Waals surface area contributed by atoms with Crippen molar-refractivity contribution in [1.29, 1.82) is 0 Å². The number of rotatable bonds is 8. The molecule has 0 aromatic heterocycles. The second-order valence-corrected chi connectivity index (χ2v) is 3.53. The predicted molar refractivity (Wildman–Crippen MR) is 55.4 cm³/mol. The summed E-state index contributed by atoms with van der Waals surface area (Å²) in [5.41, 5.74) is 0. The van der Waals surface area contributed by atoms with Gasteiger partial charge in [-0.15, -0.1) is 0 Å². The van der Waals surface area contributed by atoms with Crippen molar-refractivity contribution in [2.45, 2.75) is 45.8 Å². The van der Waals surface area contributed by atoms with E-state index in [1.807, 2.05) is 20.8 Å². The van der Waals surface area contributed by atoms with Gasteiger partial charge in [0.15, 0.2) is 0 Å². The highest BCUT2D eigenvalue weighted by atomic mass is 16.5. The molecule has 0 saturated heterocycles. The van der Waals surface area contributed by atoms with E-state index in [-0.39, 0.29) is 6.10 Å². The van der Waals surface area contributed by atoms with Gasteiger partial charge in [0.2, 0.25) is 0 Å². The molecule has 0 amide bonds. The normalized spacial score (nSPS) is 13.1. The van der Waals surface area contributed by atoms with E-state index in [0.29, 0.717) is 19.6 Å². The third kappa shape index (κ3) is 6.86. The van der Waals surface area contributed by atoms with Crippen LogP contribution in [0.3, 0.4) is 0 Å². The Labute approximate surface area is 85.6 Å². The molecular weight excluding hydrogens is 182 g/mol. The monoisotopic (exact) mass is 203 g/mol. The van der Waals surface area contributed by atoms with Crippen LogP contribution in [-0.2, 0) is 9.53 Å². The van der Waals surface area contributed by atoms with Crippen LogP contribution >= 0.6 is 0 Å². The Morgan fingerprint density at radius 3 is 2.57 bits per heavy atom.